The summed E-state index contributed by atoms with van der Waals surface area (Å²) >= 11 is 9.76. The molecular formula is C11H13ClO3S. The number of aldehydes is 1. The maximum absolute atomic E-state index is 10.6. The molecule has 2 atom stereocenters. The van der Waals surface area contributed by atoms with Gasteiger partial charge in [0.05, 0.1) is 6.10 Å². The van der Waals surface area contributed by atoms with Crippen molar-refractivity contribution in [2.75, 3.05) is 5.75 Å². The number of hydrogen-bond acceptors (Lipinski definition) is 4. The van der Waals surface area contributed by atoms with Crippen LogP contribution in [0.3, 0.4) is 0 Å². The van der Waals surface area contributed by atoms with E-state index in [4.69, 9.17) is 11.6 Å². The van der Waals surface area contributed by atoms with Gasteiger partial charge in [-0.25, -0.2) is 0 Å². The summed E-state index contributed by atoms with van der Waals surface area (Å²) in [7, 11) is 0. The quantitative estimate of drug-likeness (QED) is 0.560. The molecule has 0 aliphatic carbocycles. The second-order valence-corrected chi connectivity index (χ2v) is 4.34. The SMILES string of the molecule is O=Cc1cc(Cl)cc(C(O)C(O)CCS)c1. The van der Waals surface area contributed by atoms with E-state index in [1.54, 1.807) is 0 Å². The Labute approximate surface area is 104 Å². The molecule has 88 valence electrons. The first-order chi connectivity index (χ1) is 7.58. The van der Waals surface area contributed by atoms with Crippen molar-refractivity contribution in [1.82, 2.24) is 0 Å². The zero-order chi connectivity index (χ0) is 12.1. The average molecular weight is 261 g/mol. The molecule has 0 aromatic heterocycles. The molecule has 1 aromatic carbocycles. The van der Waals surface area contributed by atoms with E-state index in [9.17, 15) is 15.0 Å². The number of thiol groups is 1. The van der Waals surface area contributed by atoms with Crippen LogP contribution in [0.25, 0.3) is 0 Å². The van der Waals surface area contributed by atoms with Crippen LogP contribution in [0.2, 0.25) is 5.02 Å². The second-order valence-electron chi connectivity index (χ2n) is 3.46. The molecule has 1 aromatic rings. The van der Waals surface area contributed by atoms with Crippen LogP contribution in [-0.2, 0) is 0 Å². The predicted octanol–water partition coefficient (Wildman–Crippen LogP) is 1.87. The van der Waals surface area contributed by atoms with Crippen molar-refractivity contribution in [1.29, 1.82) is 0 Å². The van der Waals surface area contributed by atoms with Gasteiger partial charge in [0, 0.05) is 10.6 Å². The molecule has 3 nitrogen and oxygen atoms in total. The number of aliphatic hydroxyl groups excluding tert-OH is 2. The van der Waals surface area contributed by atoms with Crippen molar-refractivity contribution >= 4 is 30.5 Å². The number of carbonyl (C=O) groups excluding carboxylic acids is 1. The minimum absolute atomic E-state index is 0.358. The predicted molar refractivity (Wildman–Crippen MR) is 66.3 cm³/mol. The highest BCUT2D eigenvalue weighted by Gasteiger charge is 2.18. The largest absolute Gasteiger partial charge is 0.390 e. The van der Waals surface area contributed by atoms with Crippen LogP contribution in [-0.4, -0.2) is 28.4 Å². The first-order valence-electron chi connectivity index (χ1n) is 4.81. The molecule has 0 aliphatic rings. The fourth-order valence-corrected chi connectivity index (χ4v) is 1.90. The Bertz CT molecular complexity index is 370. The summed E-state index contributed by atoms with van der Waals surface area (Å²) in [6.45, 7) is 0. The Kier molecular flexibility index (Phi) is 5.28. The van der Waals surface area contributed by atoms with Gasteiger partial charge in [-0.05, 0) is 35.9 Å². The summed E-state index contributed by atoms with van der Waals surface area (Å²) in [5.74, 6) is 0.472. The average Bonchev–Trinajstić information content (AvgIpc) is 2.27. The molecule has 0 saturated carbocycles. The lowest BCUT2D eigenvalue weighted by atomic mass is 10.0. The number of benzene rings is 1. The molecule has 0 aliphatic heterocycles. The highest BCUT2D eigenvalue weighted by atomic mass is 35.5. The van der Waals surface area contributed by atoms with E-state index in [0.717, 1.165) is 0 Å². The van der Waals surface area contributed by atoms with Gasteiger partial charge in [0.2, 0.25) is 0 Å². The lowest BCUT2D eigenvalue weighted by molar-refractivity contribution is 0.0172. The Morgan fingerprint density at radius 3 is 2.62 bits per heavy atom. The minimum atomic E-state index is -1.05. The molecule has 0 saturated heterocycles. The summed E-state index contributed by atoms with van der Waals surface area (Å²) in [5, 5.41) is 19.8. The molecule has 2 unspecified atom stereocenters. The van der Waals surface area contributed by atoms with Gasteiger partial charge in [0.25, 0.3) is 0 Å². The molecule has 0 spiro atoms. The highest BCUT2D eigenvalue weighted by molar-refractivity contribution is 7.80. The summed E-state index contributed by atoms with van der Waals surface area (Å²) in [4.78, 5) is 10.6. The number of aliphatic hydroxyl groups is 2. The standard InChI is InChI=1S/C11H13ClO3S/c12-9-4-7(6-13)3-8(5-9)11(15)10(14)1-2-16/h3-6,10-11,14-16H,1-2H2. The van der Waals surface area contributed by atoms with E-state index in [2.05, 4.69) is 12.6 Å². The van der Waals surface area contributed by atoms with Gasteiger partial charge in [-0.15, -0.1) is 0 Å². The van der Waals surface area contributed by atoms with Crippen molar-refractivity contribution in [2.24, 2.45) is 0 Å². The van der Waals surface area contributed by atoms with Crippen LogP contribution in [0.5, 0.6) is 0 Å². The number of hydrogen-bond donors (Lipinski definition) is 3. The highest BCUT2D eigenvalue weighted by Crippen LogP contribution is 2.23. The van der Waals surface area contributed by atoms with Crippen molar-refractivity contribution in [3.63, 3.8) is 0 Å². The molecular weight excluding hydrogens is 248 g/mol. The monoisotopic (exact) mass is 260 g/mol. The normalized spacial score (nSPS) is 14.5. The zero-order valence-corrected chi connectivity index (χ0v) is 10.2. The van der Waals surface area contributed by atoms with Gasteiger partial charge in [-0.2, -0.15) is 12.6 Å². The molecule has 0 fully saturated rings. The van der Waals surface area contributed by atoms with Crippen molar-refractivity contribution in [2.45, 2.75) is 18.6 Å². The van der Waals surface area contributed by atoms with E-state index in [0.29, 0.717) is 34.6 Å². The summed E-state index contributed by atoms with van der Waals surface area (Å²) in [5.41, 5.74) is 0.809. The molecule has 5 heteroatoms. The Balaban J connectivity index is 2.93. The summed E-state index contributed by atoms with van der Waals surface area (Å²) < 4.78 is 0. The maximum Gasteiger partial charge on any atom is 0.150 e. The lowest BCUT2D eigenvalue weighted by Crippen LogP contribution is -2.18. The van der Waals surface area contributed by atoms with E-state index < -0.39 is 12.2 Å². The van der Waals surface area contributed by atoms with Gasteiger partial charge in [0.15, 0.2) is 0 Å². The molecule has 0 radical (unpaired) electrons. The van der Waals surface area contributed by atoms with E-state index >= 15 is 0 Å². The van der Waals surface area contributed by atoms with Crippen LogP contribution >= 0.6 is 24.2 Å². The molecule has 16 heavy (non-hydrogen) atoms. The van der Waals surface area contributed by atoms with Gasteiger partial charge in [-0.1, -0.05) is 11.6 Å². The second kappa shape index (κ2) is 6.25. The third kappa shape index (κ3) is 3.49. The van der Waals surface area contributed by atoms with E-state index in [1.165, 1.54) is 18.2 Å². The first kappa shape index (κ1) is 13.5. The van der Waals surface area contributed by atoms with Gasteiger partial charge in [-0.3, -0.25) is 4.79 Å². The molecule has 0 heterocycles. The van der Waals surface area contributed by atoms with Gasteiger partial charge < -0.3 is 10.2 Å². The third-order valence-electron chi connectivity index (χ3n) is 2.21. The molecule has 1 rings (SSSR count). The van der Waals surface area contributed by atoms with Crippen LogP contribution in [0.1, 0.15) is 28.4 Å². The fraction of sp³-hybridized carbons (Fsp3) is 0.364. The number of rotatable bonds is 5. The minimum Gasteiger partial charge on any atom is -0.390 e. The van der Waals surface area contributed by atoms with E-state index in [-0.39, 0.29) is 0 Å². The Morgan fingerprint density at radius 1 is 1.38 bits per heavy atom. The third-order valence-corrected chi connectivity index (χ3v) is 2.69. The lowest BCUT2D eigenvalue weighted by Gasteiger charge is -2.17. The van der Waals surface area contributed by atoms with Crippen molar-refractivity contribution in [3.05, 3.63) is 34.3 Å². The number of carbonyl (C=O) groups is 1. The molecule has 0 bridgehead atoms. The van der Waals surface area contributed by atoms with Gasteiger partial charge in [0.1, 0.15) is 12.4 Å². The summed E-state index contributed by atoms with van der Waals surface area (Å²) in [6.07, 6.45) is -0.944. The van der Waals surface area contributed by atoms with Gasteiger partial charge >= 0.3 is 0 Å². The topological polar surface area (TPSA) is 57.5 Å². The first-order valence-corrected chi connectivity index (χ1v) is 5.82. The van der Waals surface area contributed by atoms with E-state index in [1.807, 2.05) is 0 Å². The van der Waals surface area contributed by atoms with Crippen molar-refractivity contribution in [3.8, 4) is 0 Å². The Morgan fingerprint density at radius 2 is 2.06 bits per heavy atom. The maximum atomic E-state index is 10.6. The van der Waals surface area contributed by atoms with Crippen LogP contribution in [0.15, 0.2) is 18.2 Å². The van der Waals surface area contributed by atoms with Crippen LogP contribution < -0.4 is 0 Å². The summed E-state index contributed by atoms with van der Waals surface area (Å²) in [6, 6.07) is 4.53. The zero-order valence-electron chi connectivity index (χ0n) is 8.51. The van der Waals surface area contributed by atoms with Crippen molar-refractivity contribution < 1.29 is 15.0 Å². The molecule has 2 N–H and O–H groups in total. The molecule has 0 amide bonds. The fourth-order valence-electron chi connectivity index (χ4n) is 1.39. The number of halogens is 1. The smallest absolute Gasteiger partial charge is 0.150 e. The van der Waals surface area contributed by atoms with Crippen LogP contribution in [0, 0.1) is 0 Å². The van der Waals surface area contributed by atoms with Crippen LogP contribution in [0.4, 0.5) is 0 Å². The Hall–Kier alpha value is -0.550.